The predicted molar refractivity (Wildman–Crippen MR) is 81.9 cm³/mol. The van der Waals surface area contributed by atoms with E-state index in [2.05, 4.69) is 0 Å². The average molecular weight is 308 g/mol. The molecule has 2 unspecified atom stereocenters. The van der Waals surface area contributed by atoms with Crippen molar-refractivity contribution in [2.24, 2.45) is 0 Å². The van der Waals surface area contributed by atoms with Crippen LogP contribution in [0.3, 0.4) is 0 Å². The molecule has 1 aromatic carbocycles. The number of ether oxygens (including phenoxy) is 4. The Kier molecular flexibility index (Phi) is 7.19. The number of rotatable bonds is 9. The highest BCUT2D eigenvalue weighted by molar-refractivity contribution is 5.74. The van der Waals surface area contributed by atoms with E-state index in [-0.39, 0.29) is 12.1 Å². The summed E-state index contributed by atoms with van der Waals surface area (Å²) in [6.45, 7) is 3.79. The highest BCUT2D eigenvalue weighted by Crippen LogP contribution is 2.13. The third-order valence-corrected chi connectivity index (χ3v) is 3.43. The number of hydrogen-bond acceptors (Lipinski definition) is 5. The Hall–Kier alpha value is -1.59. The molecule has 0 bridgehead atoms. The van der Waals surface area contributed by atoms with E-state index in [0.29, 0.717) is 26.2 Å². The summed E-state index contributed by atoms with van der Waals surface area (Å²) in [5.41, 5.74) is 0. The fourth-order valence-corrected chi connectivity index (χ4v) is 2.15. The molecule has 5 nitrogen and oxygen atoms in total. The van der Waals surface area contributed by atoms with Crippen molar-refractivity contribution in [3.63, 3.8) is 0 Å². The van der Waals surface area contributed by atoms with E-state index in [9.17, 15) is 4.79 Å². The van der Waals surface area contributed by atoms with Gasteiger partial charge in [0.2, 0.25) is 0 Å². The van der Waals surface area contributed by atoms with Crippen molar-refractivity contribution in [1.82, 2.24) is 0 Å². The van der Waals surface area contributed by atoms with Gasteiger partial charge in [-0.15, -0.1) is 0 Å². The van der Waals surface area contributed by atoms with Crippen molar-refractivity contribution in [3.05, 3.63) is 30.3 Å². The molecule has 0 aromatic heterocycles. The Labute approximate surface area is 131 Å². The minimum absolute atomic E-state index is 0.120. The molecule has 1 fully saturated rings. The molecule has 1 aliphatic heterocycles. The molecule has 0 aliphatic carbocycles. The van der Waals surface area contributed by atoms with Crippen LogP contribution < -0.4 is 4.74 Å². The van der Waals surface area contributed by atoms with Crippen LogP contribution in [0, 0.1) is 0 Å². The molecule has 0 amide bonds. The number of para-hydroxylation sites is 1. The first-order valence-corrected chi connectivity index (χ1v) is 7.83. The lowest BCUT2D eigenvalue weighted by molar-refractivity contribution is -0.158. The second-order valence-electron chi connectivity index (χ2n) is 5.29. The molecule has 0 saturated carbocycles. The molecule has 1 aliphatic rings. The molecule has 2 rings (SSSR count). The monoisotopic (exact) mass is 308 g/mol. The maximum absolute atomic E-state index is 11.8. The summed E-state index contributed by atoms with van der Waals surface area (Å²) < 4.78 is 21.6. The summed E-state index contributed by atoms with van der Waals surface area (Å²) >= 11 is 0. The van der Waals surface area contributed by atoms with Crippen LogP contribution in [-0.2, 0) is 19.0 Å². The smallest absolute Gasteiger partial charge is 0.334 e. The van der Waals surface area contributed by atoms with Crippen LogP contribution in [0.25, 0.3) is 0 Å². The van der Waals surface area contributed by atoms with Gasteiger partial charge in [0, 0.05) is 13.0 Å². The molecule has 22 heavy (non-hydrogen) atoms. The standard InChI is InChI=1S/C17H24O5/c1-14(22-13-16-9-5-10-20-16)17(18)21-12-6-11-19-15-7-3-2-4-8-15/h2-4,7-8,14,16H,5-6,9-13H2,1H3. The van der Waals surface area contributed by atoms with E-state index in [1.807, 2.05) is 30.3 Å². The number of benzene rings is 1. The van der Waals surface area contributed by atoms with Crippen molar-refractivity contribution in [2.45, 2.75) is 38.4 Å². The molecule has 2 atom stereocenters. The van der Waals surface area contributed by atoms with Crippen LogP contribution in [0.15, 0.2) is 30.3 Å². The first-order valence-electron chi connectivity index (χ1n) is 7.83. The first kappa shape index (κ1) is 16.8. The van der Waals surface area contributed by atoms with Crippen molar-refractivity contribution in [1.29, 1.82) is 0 Å². The van der Waals surface area contributed by atoms with E-state index in [4.69, 9.17) is 18.9 Å². The van der Waals surface area contributed by atoms with Gasteiger partial charge in [-0.1, -0.05) is 18.2 Å². The van der Waals surface area contributed by atoms with Crippen LogP contribution in [0.5, 0.6) is 5.75 Å². The molecule has 0 spiro atoms. The van der Waals surface area contributed by atoms with E-state index in [1.54, 1.807) is 6.92 Å². The average Bonchev–Trinajstić information content (AvgIpc) is 3.06. The van der Waals surface area contributed by atoms with Gasteiger partial charge in [0.05, 0.1) is 25.9 Å². The number of esters is 1. The Morgan fingerprint density at radius 1 is 1.32 bits per heavy atom. The topological polar surface area (TPSA) is 54.0 Å². The van der Waals surface area contributed by atoms with E-state index >= 15 is 0 Å². The zero-order valence-electron chi connectivity index (χ0n) is 13.0. The summed E-state index contributed by atoms with van der Waals surface area (Å²) in [4.78, 5) is 11.8. The van der Waals surface area contributed by atoms with E-state index < -0.39 is 6.10 Å². The Bertz CT molecular complexity index is 428. The van der Waals surface area contributed by atoms with Crippen LogP contribution in [0.1, 0.15) is 26.2 Å². The fraction of sp³-hybridized carbons (Fsp3) is 0.588. The van der Waals surface area contributed by atoms with E-state index in [0.717, 1.165) is 25.2 Å². The van der Waals surface area contributed by atoms with Crippen molar-refractivity contribution in [2.75, 3.05) is 26.4 Å². The normalized spacial score (nSPS) is 18.9. The second-order valence-corrected chi connectivity index (χ2v) is 5.29. The summed E-state index contributed by atoms with van der Waals surface area (Å²) in [5, 5.41) is 0. The zero-order valence-corrected chi connectivity index (χ0v) is 13.0. The highest BCUT2D eigenvalue weighted by Gasteiger charge is 2.20. The molecule has 0 radical (unpaired) electrons. The fourth-order valence-electron chi connectivity index (χ4n) is 2.15. The van der Waals surface area contributed by atoms with Gasteiger partial charge in [-0.25, -0.2) is 4.79 Å². The molecule has 1 aromatic rings. The van der Waals surface area contributed by atoms with Gasteiger partial charge in [-0.3, -0.25) is 0 Å². The summed E-state index contributed by atoms with van der Waals surface area (Å²) in [5.74, 6) is 0.486. The van der Waals surface area contributed by atoms with Gasteiger partial charge >= 0.3 is 5.97 Å². The second kappa shape index (κ2) is 9.43. The highest BCUT2D eigenvalue weighted by atomic mass is 16.6. The number of carbonyl (C=O) groups excluding carboxylic acids is 1. The van der Waals surface area contributed by atoms with Gasteiger partial charge in [0.1, 0.15) is 5.75 Å². The van der Waals surface area contributed by atoms with Gasteiger partial charge in [-0.2, -0.15) is 0 Å². The van der Waals surface area contributed by atoms with Crippen LogP contribution >= 0.6 is 0 Å². The lowest BCUT2D eigenvalue weighted by Crippen LogP contribution is -2.27. The molecule has 122 valence electrons. The SMILES string of the molecule is CC(OCC1CCCO1)C(=O)OCCCOc1ccccc1. The number of hydrogen-bond donors (Lipinski definition) is 0. The lowest BCUT2D eigenvalue weighted by Gasteiger charge is -2.15. The molecule has 1 saturated heterocycles. The Morgan fingerprint density at radius 2 is 2.14 bits per heavy atom. The lowest BCUT2D eigenvalue weighted by atomic mass is 10.2. The minimum Gasteiger partial charge on any atom is -0.493 e. The van der Waals surface area contributed by atoms with Crippen LogP contribution in [0.2, 0.25) is 0 Å². The summed E-state index contributed by atoms with van der Waals surface area (Å²) in [6.07, 6.45) is 2.28. The molecule has 1 heterocycles. The zero-order chi connectivity index (χ0) is 15.6. The van der Waals surface area contributed by atoms with Gasteiger partial charge in [0.25, 0.3) is 0 Å². The Morgan fingerprint density at radius 3 is 2.86 bits per heavy atom. The summed E-state index contributed by atoms with van der Waals surface area (Å²) in [6, 6.07) is 9.57. The molecule has 0 N–H and O–H groups in total. The van der Waals surface area contributed by atoms with E-state index in [1.165, 1.54) is 0 Å². The predicted octanol–water partition coefficient (Wildman–Crippen LogP) is 2.58. The van der Waals surface area contributed by atoms with Gasteiger partial charge < -0.3 is 18.9 Å². The maximum atomic E-state index is 11.8. The Balaban J connectivity index is 1.51. The van der Waals surface area contributed by atoms with Crippen molar-refractivity contribution in [3.8, 4) is 5.75 Å². The van der Waals surface area contributed by atoms with Crippen LogP contribution in [0.4, 0.5) is 0 Å². The maximum Gasteiger partial charge on any atom is 0.334 e. The molecular formula is C17H24O5. The first-order chi connectivity index (χ1) is 10.8. The van der Waals surface area contributed by atoms with Gasteiger partial charge in [-0.05, 0) is 31.9 Å². The van der Waals surface area contributed by atoms with Gasteiger partial charge in [0.15, 0.2) is 6.10 Å². The molecule has 5 heteroatoms. The summed E-state index contributed by atoms with van der Waals surface area (Å²) in [7, 11) is 0. The molecular weight excluding hydrogens is 284 g/mol. The number of carbonyl (C=O) groups is 1. The third kappa shape index (κ3) is 6.03. The van der Waals surface area contributed by atoms with Crippen molar-refractivity contribution >= 4 is 5.97 Å². The minimum atomic E-state index is -0.556. The largest absolute Gasteiger partial charge is 0.493 e. The van der Waals surface area contributed by atoms with Crippen LogP contribution in [-0.4, -0.2) is 44.6 Å². The van der Waals surface area contributed by atoms with Crippen molar-refractivity contribution < 1.29 is 23.7 Å². The quantitative estimate of drug-likeness (QED) is 0.518. The third-order valence-electron chi connectivity index (χ3n) is 3.43.